The fraction of sp³-hybridized carbons (Fsp3) is 0.250. The third kappa shape index (κ3) is 3.41. The first kappa shape index (κ1) is 13.3. The van der Waals surface area contributed by atoms with Crippen LogP contribution in [-0.2, 0) is 0 Å². The Labute approximate surface area is 113 Å². The summed E-state index contributed by atoms with van der Waals surface area (Å²) < 4.78 is 0. The van der Waals surface area contributed by atoms with Gasteiger partial charge < -0.3 is 5.32 Å². The lowest BCUT2D eigenvalue weighted by Gasteiger charge is -2.17. The van der Waals surface area contributed by atoms with Crippen LogP contribution >= 0.6 is 0 Å². The SMILES string of the molecule is CC[C@H](NC(=O)c1ccccn1)c1ccc(C)cc1. The van der Waals surface area contributed by atoms with Gasteiger partial charge >= 0.3 is 0 Å². The van der Waals surface area contributed by atoms with E-state index in [2.05, 4.69) is 48.4 Å². The number of nitrogens with zero attached hydrogens (tertiary/aromatic N) is 1. The van der Waals surface area contributed by atoms with Crippen LogP contribution in [0.15, 0.2) is 48.7 Å². The Balaban J connectivity index is 2.11. The number of aryl methyl sites for hydroxylation is 1. The van der Waals surface area contributed by atoms with Crippen molar-refractivity contribution in [2.24, 2.45) is 0 Å². The van der Waals surface area contributed by atoms with E-state index in [1.165, 1.54) is 5.56 Å². The first-order chi connectivity index (χ1) is 9.20. The molecule has 2 rings (SSSR count). The van der Waals surface area contributed by atoms with Gasteiger partial charge in [-0.15, -0.1) is 0 Å². The first-order valence-corrected chi connectivity index (χ1v) is 6.49. The fourth-order valence-electron chi connectivity index (χ4n) is 1.95. The van der Waals surface area contributed by atoms with Crippen molar-refractivity contribution in [3.8, 4) is 0 Å². The molecule has 1 N–H and O–H groups in total. The van der Waals surface area contributed by atoms with Crippen molar-refractivity contribution in [2.75, 3.05) is 0 Å². The second kappa shape index (κ2) is 6.14. The van der Waals surface area contributed by atoms with Gasteiger partial charge in [-0.2, -0.15) is 0 Å². The van der Waals surface area contributed by atoms with E-state index >= 15 is 0 Å². The van der Waals surface area contributed by atoms with Crippen molar-refractivity contribution in [3.05, 3.63) is 65.5 Å². The minimum absolute atomic E-state index is 0.0232. The van der Waals surface area contributed by atoms with Gasteiger partial charge in [-0.25, -0.2) is 0 Å². The molecule has 0 radical (unpaired) electrons. The van der Waals surface area contributed by atoms with Gasteiger partial charge in [0.15, 0.2) is 0 Å². The van der Waals surface area contributed by atoms with Crippen molar-refractivity contribution in [3.63, 3.8) is 0 Å². The van der Waals surface area contributed by atoms with E-state index in [0.717, 1.165) is 12.0 Å². The van der Waals surface area contributed by atoms with Crippen LogP contribution in [0, 0.1) is 6.92 Å². The number of pyridine rings is 1. The van der Waals surface area contributed by atoms with Gasteiger partial charge in [-0.3, -0.25) is 9.78 Å². The van der Waals surface area contributed by atoms with Crippen molar-refractivity contribution >= 4 is 5.91 Å². The number of rotatable bonds is 4. The summed E-state index contributed by atoms with van der Waals surface area (Å²) in [6.45, 7) is 4.11. The normalized spacial score (nSPS) is 11.9. The third-order valence-electron chi connectivity index (χ3n) is 3.09. The number of nitrogens with one attached hydrogen (secondary N) is 1. The zero-order valence-electron chi connectivity index (χ0n) is 11.3. The van der Waals surface area contributed by atoms with Gasteiger partial charge in [0.05, 0.1) is 6.04 Å². The van der Waals surface area contributed by atoms with E-state index < -0.39 is 0 Å². The zero-order chi connectivity index (χ0) is 13.7. The Morgan fingerprint density at radius 1 is 1.21 bits per heavy atom. The standard InChI is InChI=1S/C16H18N2O/c1-3-14(13-9-7-12(2)8-10-13)18-16(19)15-6-4-5-11-17-15/h4-11,14H,3H2,1-2H3,(H,18,19)/t14-/m0/s1. The number of carbonyl (C=O) groups is 1. The lowest BCUT2D eigenvalue weighted by atomic mass is 10.0. The molecule has 2 aromatic rings. The highest BCUT2D eigenvalue weighted by Crippen LogP contribution is 2.17. The molecule has 0 saturated heterocycles. The average molecular weight is 254 g/mol. The lowest BCUT2D eigenvalue weighted by molar-refractivity contribution is 0.0930. The van der Waals surface area contributed by atoms with Crippen LogP contribution in [0.2, 0.25) is 0 Å². The second-order valence-electron chi connectivity index (χ2n) is 4.56. The molecule has 3 heteroatoms. The van der Waals surface area contributed by atoms with Crippen molar-refractivity contribution in [1.29, 1.82) is 0 Å². The molecule has 1 atom stereocenters. The minimum Gasteiger partial charge on any atom is -0.344 e. The van der Waals surface area contributed by atoms with E-state index in [-0.39, 0.29) is 11.9 Å². The first-order valence-electron chi connectivity index (χ1n) is 6.49. The van der Waals surface area contributed by atoms with Gasteiger partial charge in [0.2, 0.25) is 0 Å². The lowest BCUT2D eigenvalue weighted by Crippen LogP contribution is -2.28. The second-order valence-corrected chi connectivity index (χ2v) is 4.56. The van der Waals surface area contributed by atoms with Gasteiger partial charge in [-0.1, -0.05) is 42.8 Å². The molecule has 3 nitrogen and oxygen atoms in total. The largest absolute Gasteiger partial charge is 0.344 e. The Hall–Kier alpha value is -2.16. The van der Waals surface area contributed by atoms with Crippen LogP contribution in [0.25, 0.3) is 0 Å². The summed E-state index contributed by atoms with van der Waals surface area (Å²) in [5.41, 5.74) is 2.79. The van der Waals surface area contributed by atoms with Crippen molar-refractivity contribution in [1.82, 2.24) is 10.3 Å². The summed E-state index contributed by atoms with van der Waals surface area (Å²) in [6, 6.07) is 13.6. The molecular weight excluding hydrogens is 236 g/mol. The number of hydrogen-bond donors (Lipinski definition) is 1. The predicted octanol–water partition coefficient (Wildman–Crippen LogP) is 3.27. The van der Waals surface area contributed by atoms with Crippen LogP contribution in [-0.4, -0.2) is 10.9 Å². The zero-order valence-corrected chi connectivity index (χ0v) is 11.3. The molecule has 98 valence electrons. The summed E-state index contributed by atoms with van der Waals surface area (Å²) >= 11 is 0. The molecule has 1 heterocycles. The maximum absolute atomic E-state index is 12.1. The third-order valence-corrected chi connectivity index (χ3v) is 3.09. The molecule has 0 bridgehead atoms. The van der Waals surface area contributed by atoms with Gasteiger partial charge in [-0.05, 0) is 31.0 Å². The number of amides is 1. The molecule has 1 aromatic heterocycles. The molecule has 0 aliphatic carbocycles. The van der Waals surface area contributed by atoms with E-state index in [0.29, 0.717) is 5.69 Å². The summed E-state index contributed by atoms with van der Waals surface area (Å²) in [6.07, 6.45) is 2.48. The molecule has 1 aromatic carbocycles. The Morgan fingerprint density at radius 3 is 2.53 bits per heavy atom. The molecule has 0 aliphatic rings. The van der Waals surface area contributed by atoms with Crippen LogP contribution in [0.1, 0.15) is 41.0 Å². The van der Waals surface area contributed by atoms with Crippen LogP contribution < -0.4 is 5.32 Å². The van der Waals surface area contributed by atoms with E-state index in [9.17, 15) is 4.79 Å². The highest BCUT2D eigenvalue weighted by atomic mass is 16.1. The molecule has 0 spiro atoms. The van der Waals surface area contributed by atoms with Crippen molar-refractivity contribution in [2.45, 2.75) is 26.3 Å². The Bertz CT molecular complexity index is 534. The quantitative estimate of drug-likeness (QED) is 0.909. The molecule has 0 aliphatic heterocycles. The number of benzene rings is 1. The van der Waals surface area contributed by atoms with Gasteiger partial charge in [0.1, 0.15) is 5.69 Å². The molecule has 0 fully saturated rings. The predicted molar refractivity (Wildman–Crippen MR) is 75.9 cm³/mol. The minimum atomic E-state index is -0.131. The topological polar surface area (TPSA) is 42.0 Å². The molecular formula is C16H18N2O. The Morgan fingerprint density at radius 2 is 1.95 bits per heavy atom. The Kier molecular flexibility index (Phi) is 4.29. The smallest absolute Gasteiger partial charge is 0.270 e. The number of hydrogen-bond acceptors (Lipinski definition) is 2. The summed E-state index contributed by atoms with van der Waals surface area (Å²) in [5.74, 6) is -0.131. The van der Waals surface area contributed by atoms with E-state index in [1.54, 1.807) is 18.3 Å². The van der Waals surface area contributed by atoms with E-state index in [1.807, 2.05) is 6.07 Å². The summed E-state index contributed by atoms with van der Waals surface area (Å²) in [5, 5.41) is 3.02. The van der Waals surface area contributed by atoms with Gasteiger partial charge in [0, 0.05) is 6.20 Å². The number of carbonyl (C=O) groups excluding carboxylic acids is 1. The van der Waals surface area contributed by atoms with Crippen LogP contribution in [0.3, 0.4) is 0 Å². The molecule has 1 amide bonds. The highest BCUT2D eigenvalue weighted by Gasteiger charge is 2.14. The molecule has 0 saturated carbocycles. The van der Waals surface area contributed by atoms with E-state index in [4.69, 9.17) is 0 Å². The average Bonchev–Trinajstić information content (AvgIpc) is 2.46. The highest BCUT2D eigenvalue weighted by molar-refractivity contribution is 5.92. The van der Waals surface area contributed by atoms with Gasteiger partial charge in [0.25, 0.3) is 5.91 Å². The van der Waals surface area contributed by atoms with Crippen molar-refractivity contribution < 1.29 is 4.79 Å². The summed E-state index contributed by atoms with van der Waals surface area (Å²) in [4.78, 5) is 16.1. The van der Waals surface area contributed by atoms with Crippen LogP contribution in [0.4, 0.5) is 0 Å². The summed E-state index contributed by atoms with van der Waals surface area (Å²) in [7, 11) is 0. The molecule has 0 unspecified atom stereocenters. The van der Waals surface area contributed by atoms with Crippen LogP contribution in [0.5, 0.6) is 0 Å². The molecule has 19 heavy (non-hydrogen) atoms. The maximum atomic E-state index is 12.1. The number of aromatic nitrogens is 1. The fourth-order valence-corrected chi connectivity index (χ4v) is 1.95. The monoisotopic (exact) mass is 254 g/mol. The maximum Gasteiger partial charge on any atom is 0.270 e.